The number of rotatable bonds is 3. The van der Waals surface area contributed by atoms with Crippen molar-refractivity contribution in [2.45, 2.75) is 51.0 Å². The van der Waals surface area contributed by atoms with Crippen LogP contribution in [0.2, 0.25) is 0 Å². The maximum Gasteiger partial charge on any atom is 0.135 e. The lowest BCUT2D eigenvalue weighted by atomic mass is 9.96. The van der Waals surface area contributed by atoms with E-state index < -0.39 is 0 Å². The lowest BCUT2D eigenvalue weighted by Crippen LogP contribution is -2.20. The molecule has 1 aliphatic carbocycles. The van der Waals surface area contributed by atoms with Crippen molar-refractivity contribution in [2.24, 2.45) is 0 Å². The van der Waals surface area contributed by atoms with E-state index in [9.17, 15) is 0 Å². The first kappa shape index (κ1) is 13.7. The molecular weight excluding hydrogens is 290 g/mol. The Morgan fingerprint density at radius 1 is 1.11 bits per heavy atom. The number of ether oxygens (including phenoxy) is 1. The second-order valence-electron chi connectivity index (χ2n) is 5.04. The van der Waals surface area contributed by atoms with Crippen LogP contribution in [0.25, 0.3) is 0 Å². The molecule has 1 aromatic rings. The smallest absolute Gasteiger partial charge is 0.135 e. The van der Waals surface area contributed by atoms with Crippen molar-refractivity contribution >= 4 is 21.6 Å². The Kier molecular flexibility index (Phi) is 5.36. The van der Waals surface area contributed by atoms with Crippen LogP contribution >= 0.6 is 15.9 Å². The number of hydrogen-bond acceptors (Lipinski definition) is 2. The molecule has 0 bridgehead atoms. The van der Waals surface area contributed by atoms with Crippen LogP contribution in [0.5, 0.6) is 5.75 Å². The van der Waals surface area contributed by atoms with Crippen LogP contribution in [0.3, 0.4) is 0 Å². The van der Waals surface area contributed by atoms with Crippen molar-refractivity contribution in [1.82, 2.24) is 0 Å². The molecule has 0 aliphatic heterocycles. The van der Waals surface area contributed by atoms with Crippen LogP contribution in [0, 0.1) is 0 Å². The van der Waals surface area contributed by atoms with Crippen molar-refractivity contribution in [3.63, 3.8) is 0 Å². The Morgan fingerprint density at radius 3 is 2.44 bits per heavy atom. The molecule has 1 aromatic carbocycles. The highest BCUT2D eigenvalue weighted by atomic mass is 79.9. The van der Waals surface area contributed by atoms with Gasteiger partial charge in [-0.25, -0.2) is 0 Å². The van der Waals surface area contributed by atoms with Crippen LogP contribution in [0.15, 0.2) is 22.7 Å². The van der Waals surface area contributed by atoms with Gasteiger partial charge in [0.15, 0.2) is 0 Å². The Labute approximate surface area is 118 Å². The summed E-state index contributed by atoms with van der Waals surface area (Å²) in [6.07, 6.45) is 9.48. The van der Waals surface area contributed by atoms with Crippen LogP contribution in [0.1, 0.15) is 44.9 Å². The van der Waals surface area contributed by atoms with E-state index in [4.69, 9.17) is 4.74 Å². The molecule has 100 valence electrons. The monoisotopic (exact) mass is 311 g/mol. The molecule has 1 fully saturated rings. The summed E-state index contributed by atoms with van der Waals surface area (Å²) in [7, 11) is 1.71. The molecule has 0 atom stereocenters. The predicted octanol–water partition coefficient (Wildman–Crippen LogP) is 4.98. The summed E-state index contributed by atoms with van der Waals surface area (Å²) in [6, 6.07) is 6.86. The average Bonchev–Trinajstić information content (AvgIpc) is 2.34. The first-order chi connectivity index (χ1) is 8.79. The molecule has 1 saturated carbocycles. The Bertz CT molecular complexity index is 373. The molecule has 0 radical (unpaired) electrons. The first-order valence-corrected chi connectivity index (χ1v) is 7.69. The lowest BCUT2D eigenvalue weighted by Gasteiger charge is -2.22. The number of methoxy groups -OCH3 is 1. The summed E-state index contributed by atoms with van der Waals surface area (Å²) in [6.45, 7) is 0. The van der Waals surface area contributed by atoms with E-state index in [-0.39, 0.29) is 0 Å². The highest BCUT2D eigenvalue weighted by molar-refractivity contribution is 9.10. The third-order valence-electron chi connectivity index (χ3n) is 3.63. The van der Waals surface area contributed by atoms with Crippen LogP contribution in [0.4, 0.5) is 5.69 Å². The van der Waals surface area contributed by atoms with Gasteiger partial charge in [-0.3, -0.25) is 0 Å². The largest absolute Gasteiger partial charge is 0.495 e. The Balaban J connectivity index is 1.98. The zero-order valence-electron chi connectivity index (χ0n) is 11.0. The molecule has 2 rings (SSSR count). The maximum atomic E-state index is 5.33. The van der Waals surface area contributed by atoms with Gasteiger partial charge in [-0.1, -0.05) is 32.1 Å². The van der Waals surface area contributed by atoms with Gasteiger partial charge < -0.3 is 10.1 Å². The van der Waals surface area contributed by atoms with Gasteiger partial charge in [-0.15, -0.1) is 0 Å². The molecule has 18 heavy (non-hydrogen) atoms. The molecule has 0 amide bonds. The lowest BCUT2D eigenvalue weighted by molar-refractivity contribution is 0.412. The Hall–Kier alpha value is -0.700. The molecule has 2 nitrogen and oxygen atoms in total. The molecule has 0 unspecified atom stereocenters. The van der Waals surface area contributed by atoms with Gasteiger partial charge in [0, 0.05) is 17.8 Å². The fourth-order valence-electron chi connectivity index (χ4n) is 2.59. The standard InChI is InChI=1S/C15H22BrNO/c1-18-15-11-13(9-10-14(15)16)17-12-7-5-3-2-4-6-8-12/h9-12,17H,2-8H2,1H3. The van der Waals surface area contributed by atoms with E-state index in [1.807, 2.05) is 6.07 Å². The third-order valence-corrected chi connectivity index (χ3v) is 4.28. The summed E-state index contributed by atoms with van der Waals surface area (Å²) >= 11 is 3.49. The minimum absolute atomic E-state index is 0.621. The highest BCUT2D eigenvalue weighted by Gasteiger charge is 2.11. The highest BCUT2D eigenvalue weighted by Crippen LogP contribution is 2.29. The summed E-state index contributed by atoms with van der Waals surface area (Å²) in [5.41, 5.74) is 1.17. The van der Waals surface area contributed by atoms with Gasteiger partial charge in [-0.2, -0.15) is 0 Å². The van der Waals surface area contributed by atoms with E-state index in [1.54, 1.807) is 7.11 Å². The van der Waals surface area contributed by atoms with Gasteiger partial charge in [-0.05, 0) is 40.9 Å². The van der Waals surface area contributed by atoms with E-state index in [0.717, 1.165) is 10.2 Å². The van der Waals surface area contributed by atoms with Crippen molar-refractivity contribution in [2.75, 3.05) is 12.4 Å². The summed E-state index contributed by atoms with van der Waals surface area (Å²) in [5.74, 6) is 0.894. The molecule has 0 spiro atoms. The van der Waals surface area contributed by atoms with E-state index in [0.29, 0.717) is 6.04 Å². The zero-order valence-corrected chi connectivity index (χ0v) is 12.6. The number of hydrogen-bond donors (Lipinski definition) is 1. The molecule has 0 heterocycles. The number of halogens is 1. The first-order valence-electron chi connectivity index (χ1n) is 6.89. The van der Waals surface area contributed by atoms with E-state index in [1.165, 1.54) is 50.6 Å². The second-order valence-corrected chi connectivity index (χ2v) is 5.89. The van der Waals surface area contributed by atoms with Gasteiger partial charge in [0.1, 0.15) is 5.75 Å². The summed E-state index contributed by atoms with van der Waals surface area (Å²) in [4.78, 5) is 0. The van der Waals surface area contributed by atoms with Crippen LogP contribution in [-0.2, 0) is 0 Å². The SMILES string of the molecule is COc1cc(NC2CCCCCCC2)ccc1Br. The molecular formula is C15H22BrNO. The summed E-state index contributed by atoms with van der Waals surface area (Å²) < 4.78 is 6.34. The quantitative estimate of drug-likeness (QED) is 0.849. The topological polar surface area (TPSA) is 21.3 Å². The number of nitrogens with one attached hydrogen (secondary N) is 1. The fraction of sp³-hybridized carbons (Fsp3) is 0.600. The van der Waals surface area contributed by atoms with Crippen molar-refractivity contribution in [3.05, 3.63) is 22.7 Å². The molecule has 1 aliphatic rings. The van der Waals surface area contributed by atoms with Gasteiger partial charge >= 0.3 is 0 Å². The van der Waals surface area contributed by atoms with E-state index >= 15 is 0 Å². The maximum absolute atomic E-state index is 5.33. The fourth-order valence-corrected chi connectivity index (χ4v) is 2.99. The van der Waals surface area contributed by atoms with Crippen LogP contribution < -0.4 is 10.1 Å². The predicted molar refractivity (Wildman–Crippen MR) is 80.4 cm³/mol. The Morgan fingerprint density at radius 2 is 1.78 bits per heavy atom. The normalized spacial score (nSPS) is 17.9. The van der Waals surface area contributed by atoms with E-state index in [2.05, 4.69) is 33.4 Å². The zero-order chi connectivity index (χ0) is 12.8. The number of benzene rings is 1. The van der Waals surface area contributed by atoms with Crippen molar-refractivity contribution in [3.8, 4) is 5.75 Å². The number of anilines is 1. The minimum atomic E-state index is 0.621. The van der Waals surface area contributed by atoms with Gasteiger partial charge in [0.05, 0.1) is 11.6 Å². The molecule has 3 heteroatoms. The third kappa shape index (κ3) is 3.91. The average molecular weight is 312 g/mol. The van der Waals surface area contributed by atoms with Crippen molar-refractivity contribution < 1.29 is 4.74 Å². The minimum Gasteiger partial charge on any atom is -0.495 e. The van der Waals surface area contributed by atoms with Crippen LogP contribution in [-0.4, -0.2) is 13.2 Å². The van der Waals surface area contributed by atoms with Crippen molar-refractivity contribution in [1.29, 1.82) is 0 Å². The van der Waals surface area contributed by atoms with Gasteiger partial charge in [0.25, 0.3) is 0 Å². The molecule has 1 N–H and O–H groups in total. The summed E-state index contributed by atoms with van der Waals surface area (Å²) in [5, 5.41) is 3.65. The molecule has 0 saturated heterocycles. The molecule has 0 aromatic heterocycles. The second kappa shape index (κ2) is 7.03. The van der Waals surface area contributed by atoms with Gasteiger partial charge in [0.2, 0.25) is 0 Å².